The molecule has 136 valence electrons. The van der Waals surface area contributed by atoms with E-state index < -0.39 is 0 Å². The third-order valence-electron chi connectivity index (χ3n) is 4.06. The molecule has 0 spiro atoms. The predicted molar refractivity (Wildman–Crippen MR) is 114 cm³/mol. The number of benzene rings is 2. The van der Waals surface area contributed by atoms with Gasteiger partial charge in [-0.05, 0) is 43.0 Å². The van der Waals surface area contributed by atoms with Gasteiger partial charge in [0.2, 0.25) is 4.77 Å². The molecule has 0 aliphatic heterocycles. The van der Waals surface area contributed by atoms with Gasteiger partial charge in [0.1, 0.15) is 10.8 Å². The van der Waals surface area contributed by atoms with Crippen molar-refractivity contribution in [3.8, 4) is 0 Å². The molecule has 0 saturated heterocycles. The third kappa shape index (κ3) is 4.39. The molecule has 0 bridgehead atoms. The van der Waals surface area contributed by atoms with Gasteiger partial charge in [0.25, 0.3) is 0 Å². The molecule has 2 aromatic carbocycles. The van der Waals surface area contributed by atoms with Crippen molar-refractivity contribution in [2.75, 3.05) is 7.05 Å². The molecule has 7 heteroatoms. The molecule has 0 atom stereocenters. The molecule has 0 saturated carbocycles. The van der Waals surface area contributed by atoms with Gasteiger partial charge in [-0.2, -0.15) is 4.98 Å². The normalized spacial score (nSPS) is 11.8. The molecule has 0 aliphatic rings. The summed E-state index contributed by atoms with van der Waals surface area (Å²) >= 11 is 7.11. The SMILES string of the molecule is CN(Cc1nc2ccccc2s1)Cn1[nH]c(/C=C/c2ccccc2)nc1=S. The summed E-state index contributed by atoms with van der Waals surface area (Å²) in [4.78, 5) is 11.3. The average molecular weight is 394 g/mol. The van der Waals surface area contributed by atoms with Gasteiger partial charge >= 0.3 is 0 Å². The smallest absolute Gasteiger partial charge is 0.217 e. The van der Waals surface area contributed by atoms with E-state index in [9.17, 15) is 0 Å². The number of H-pyrrole nitrogens is 1. The van der Waals surface area contributed by atoms with Crippen molar-refractivity contribution < 1.29 is 0 Å². The van der Waals surface area contributed by atoms with Gasteiger partial charge in [0, 0.05) is 0 Å². The minimum Gasteiger partial charge on any atom is -0.281 e. The van der Waals surface area contributed by atoms with Crippen LogP contribution in [-0.2, 0) is 13.2 Å². The Kier molecular flexibility index (Phi) is 5.24. The zero-order chi connectivity index (χ0) is 18.6. The zero-order valence-corrected chi connectivity index (χ0v) is 16.5. The van der Waals surface area contributed by atoms with Crippen molar-refractivity contribution in [1.29, 1.82) is 0 Å². The van der Waals surface area contributed by atoms with Gasteiger partial charge in [-0.15, -0.1) is 11.3 Å². The van der Waals surface area contributed by atoms with Crippen molar-refractivity contribution in [2.24, 2.45) is 0 Å². The number of para-hydroxylation sites is 1. The quantitative estimate of drug-likeness (QED) is 0.478. The van der Waals surface area contributed by atoms with E-state index in [4.69, 9.17) is 12.2 Å². The molecule has 5 nitrogen and oxygen atoms in total. The van der Waals surface area contributed by atoms with E-state index in [1.54, 1.807) is 11.3 Å². The van der Waals surface area contributed by atoms with Crippen LogP contribution in [0.3, 0.4) is 0 Å². The van der Waals surface area contributed by atoms with E-state index >= 15 is 0 Å². The molecule has 4 aromatic rings. The Morgan fingerprint density at radius 2 is 1.85 bits per heavy atom. The average Bonchev–Trinajstić information content (AvgIpc) is 3.23. The van der Waals surface area contributed by atoms with Crippen molar-refractivity contribution in [3.63, 3.8) is 0 Å². The number of rotatable bonds is 6. The van der Waals surface area contributed by atoms with Crippen LogP contribution < -0.4 is 0 Å². The third-order valence-corrected chi connectivity index (χ3v) is 5.39. The fourth-order valence-corrected chi connectivity index (χ4v) is 4.04. The van der Waals surface area contributed by atoms with Crippen molar-refractivity contribution >= 4 is 45.9 Å². The van der Waals surface area contributed by atoms with Crippen LogP contribution in [0.25, 0.3) is 22.4 Å². The first-order chi connectivity index (χ1) is 13.2. The van der Waals surface area contributed by atoms with Crippen molar-refractivity contribution in [3.05, 3.63) is 75.8 Å². The van der Waals surface area contributed by atoms with Gasteiger partial charge < -0.3 is 0 Å². The topological polar surface area (TPSA) is 49.7 Å². The number of aromatic amines is 1. The van der Waals surface area contributed by atoms with Crippen molar-refractivity contribution in [2.45, 2.75) is 13.2 Å². The lowest BCUT2D eigenvalue weighted by Crippen LogP contribution is -2.22. The second kappa shape index (κ2) is 7.96. The first kappa shape index (κ1) is 17.8. The van der Waals surface area contributed by atoms with Crippen LogP contribution in [0.15, 0.2) is 54.6 Å². The highest BCUT2D eigenvalue weighted by atomic mass is 32.1. The lowest BCUT2D eigenvalue weighted by atomic mass is 10.2. The minimum absolute atomic E-state index is 0.541. The highest BCUT2D eigenvalue weighted by molar-refractivity contribution is 7.71. The van der Waals surface area contributed by atoms with Gasteiger partial charge in [0.15, 0.2) is 0 Å². The van der Waals surface area contributed by atoms with Gasteiger partial charge in [-0.25, -0.2) is 9.67 Å². The fourth-order valence-electron chi connectivity index (χ4n) is 2.79. The maximum atomic E-state index is 5.39. The summed E-state index contributed by atoms with van der Waals surface area (Å²) in [5.74, 6) is 0.747. The molecule has 1 N–H and O–H groups in total. The maximum absolute atomic E-state index is 5.39. The first-order valence-electron chi connectivity index (χ1n) is 8.60. The molecule has 0 amide bonds. The summed E-state index contributed by atoms with van der Waals surface area (Å²) in [5, 5.41) is 4.34. The molecular formula is C20H19N5S2. The summed E-state index contributed by atoms with van der Waals surface area (Å²) in [6, 6.07) is 18.3. The van der Waals surface area contributed by atoms with Crippen LogP contribution in [0, 0.1) is 4.77 Å². The number of thiazole rings is 1. The van der Waals surface area contributed by atoms with Crippen LogP contribution in [0.4, 0.5) is 0 Å². The van der Waals surface area contributed by atoms with E-state index in [-0.39, 0.29) is 0 Å². The molecule has 0 unspecified atom stereocenters. The summed E-state index contributed by atoms with van der Waals surface area (Å²) in [5.41, 5.74) is 2.18. The number of hydrogen-bond acceptors (Lipinski definition) is 5. The molecule has 0 radical (unpaired) electrons. The molecule has 0 aliphatic carbocycles. The van der Waals surface area contributed by atoms with E-state index in [0.717, 1.165) is 28.5 Å². The molecule has 2 aromatic heterocycles. The standard InChI is InChI=1S/C20H19N5S2/c1-24(13-19-21-16-9-5-6-10-17(16)27-19)14-25-20(26)22-18(23-25)12-11-15-7-3-2-4-8-15/h2-12H,13-14H2,1H3,(H,22,23,26)/b12-11+. The maximum Gasteiger partial charge on any atom is 0.217 e. The molecule has 2 heterocycles. The Balaban J connectivity index is 1.43. The summed E-state index contributed by atoms with van der Waals surface area (Å²) < 4.78 is 3.62. The second-order valence-electron chi connectivity index (χ2n) is 6.29. The first-order valence-corrected chi connectivity index (χ1v) is 9.83. The number of nitrogens with zero attached hydrogens (tertiary/aromatic N) is 4. The Morgan fingerprint density at radius 3 is 2.67 bits per heavy atom. The molecule has 0 fully saturated rings. The molecular weight excluding hydrogens is 374 g/mol. The second-order valence-corrected chi connectivity index (χ2v) is 7.77. The predicted octanol–water partition coefficient (Wildman–Crippen LogP) is 4.81. The highest BCUT2D eigenvalue weighted by Crippen LogP contribution is 2.22. The highest BCUT2D eigenvalue weighted by Gasteiger charge is 2.08. The number of aromatic nitrogens is 4. The molecule has 4 rings (SSSR count). The monoisotopic (exact) mass is 393 g/mol. The van der Waals surface area contributed by atoms with Crippen LogP contribution in [-0.4, -0.2) is 31.7 Å². The Morgan fingerprint density at radius 1 is 1.07 bits per heavy atom. The summed E-state index contributed by atoms with van der Waals surface area (Å²) in [6.45, 7) is 1.39. The van der Waals surface area contributed by atoms with E-state index in [2.05, 4.69) is 26.0 Å². The summed E-state index contributed by atoms with van der Waals surface area (Å²) in [7, 11) is 2.05. The van der Waals surface area contributed by atoms with E-state index in [1.807, 2.05) is 72.4 Å². The fraction of sp³-hybridized carbons (Fsp3) is 0.150. The number of nitrogens with one attached hydrogen (secondary N) is 1. The van der Waals surface area contributed by atoms with Gasteiger partial charge in [0.05, 0.1) is 23.4 Å². The largest absolute Gasteiger partial charge is 0.281 e. The van der Waals surface area contributed by atoms with Crippen LogP contribution in [0.1, 0.15) is 16.4 Å². The van der Waals surface area contributed by atoms with E-state index in [0.29, 0.717) is 11.4 Å². The zero-order valence-electron chi connectivity index (χ0n) is 14.9. The van der Waals surface area contributed by atoms with Crippen molar-refractivity contribution in [1.82, 2.24) is 24.6 Å². The Labute approximate surface area is 166 Å². The van der Waals surface area contributed by atoms with Gasteiger partial charge in [-0.3, -0.25) is 10.00 Å². The molecule has 27 heavy (non-hydrogen) atoms. The lowest BCUT2D eigenvalue weighted by molar-refractivity contribution is 0.244. The Hall–Kier alpha value is -2.61. The Bertz CT molecular complexity index is 1090. The van der Waals surface area contributed by atoms with E-state index in [1.165, 1.54) is 4.70 Å². The van der Waals surface area contributed by atoms with Crippen LogP contribution in [0.5, 0.6) is 0 Å². The summed E-state index contributed by atoms with van der Waals surface area (Å²) in [6.07, 6.45) is 3.96. The number of hydrogen-bond donors (Lipinski definition) is 1. The van der Waals surface area contributed by atoms with Crippen LogP contribution >= 0.6 is 23.6 Å². The minimum atomic E-state index is 0.541. The van der Waals surface area contributed by atoms with Crippen LogP contribution in [0.2, 0.25) is 0 Å². The van der Waals surface area contributed by atoms with Gasteiger partial charge in [-0.1, -0.05) is 48.5 Å². The number of fused-ring (bicyclic) bond motifs is 1. The lowest BCUT2D eigenvalue weighted by Gasteiger charge is -2.14.